The highest BCUT2D eigenvalue weighted by Gasteiger charge is 2.16. The molecule has 0 spiro atoms. The summed E-state index contributed by atoms with van der Waals surface area (Å²) in [5.41, 5.74) is 0. The Morgan fingerprint density at radius 1 is 1.43 bits per heavy atom. The number of hydrogen-bond acceptors (Lipinski definition) is 3. The summed E-state index contributed by atoms with van der Waals surface area (Å²) in [5.74, 6) is -0.293. The summed E-state index contributed by atoms with van der Waals surface area (Å²) in [6, 6.07) is 7.85. The van der Waals surface area contributed by atoms with Crippen LogP contribution in [-0.2, 0) is 4.74 Å². The standard InChI is InChI=1S/C10H7BrO2S/c1-13-10(12)9-8(11)6-4-2-3-5-7(6)14-9/h2-5H,1H3. The molecule has 1 heterocycles. The van der Waals surface area contributed by atoms with Crippen LogP contribution in [0.4, 0.5) is 0 Å². The Bertz CT molecular complexity index is 490. The number of halogens is 1. The van der Waals surface area contributed by atoms with E-state index in [-0.39, 0.29) is 5.97 Å². The number of carbonyl (C=O) groups excluding carboxylic acids is 1. The van der Waals surface area contributed by atoms with Crippen LogP contribution in [0.3, 0.4) is 0 Å². The molecule has 4 heteroatoms. The molecule has 0 amide bonds. The highest BCUT2D eigenvalue weighted by atomic mass is 79.9. The number of carbonyl (C=O) groups is 1. The summed E-state index contributed by atoms with van der Waals surface area (Å²) >= 11 is 4.84. The lowest BCUT2D eigenvalue weighted by atomic mass is 10.2. The van der Waals surface area contributed by atoms with Crippen molar-refractivity contribution in [3.05, 3.63) is 33.6 Å². The molecule has 0 aliphatic rings. The van der Waals surface area contributed by atoms with Crippen LogP contribution in [0.5, 0.6) is 0 Å². The molecule has 0 saturated carbocycles. The van der Waals surface area contributed by atoms with E-state index in [1.807, 2.05) is 24.3 Å². The summed E-state index contributed by atoms with van der Waals surface area (Å²) in [7, 11) is 1.39. The predicted octanol–water partition coefficient (Wildman–Crippen LogP) is 3.45. The number of thiophene rings is 1. The Morgan fingerprint density at radius 2 is 2.14 bits per heavy atom. The van der Waals surface area contributed by atoms with E-state index >= 15 is 0 Å². The predicted molar refractivity (Wildman–Crippen MR) is 60.9 cm³/mol. The maximum atomic E-state index is 11.4. The van der Waals surface area contributed by atoms with Crippen molar-refractivity contribution in [3.8, 4) is 0 Å². The first-order chi connectivity index (χ1) is 6.74. The third-order valence-corrected chi connectivity index (χ3v) is 4.14. The van der Waals surface area contributed by atoms with Gasteiger partial charge in [0, 0.05) is 10.1 Å². The molecule has 0 saturated heterocycles. The van der Waals surface area contributed by atoms with Crippen LogP contribution in [-0.4, -0.2) is 13.1 Å². The number of esters is 1. The average Bonchev–Trinajstić information content (AvgIpc) is 2.56. The van der Waals surface area contributed by atoms with Gasteiger partial charge in [-0.1, -0.05) is 18.2 Å². The first kappa shape index (κ1) is 9.68. The van der Waals surface area contributed by atoms with Gasteiger partial charge in [-0.15, -0.1) is 11.3 Å². The van der Waals surface area contributed by atoms with Crippen molar-refractivity contribution in [2.24, 2.45) is 0 Å². The van der Waals surface area contributed by atoms with Gasteiger partial charge in [0.15, 0.2) is 0 Å². The zero-order chi connectivity index (χ0) is 10.1. The van der Waals surface area contributed by atoms with Crippen molar-refractivity contribution in [2.45, 2.75) is 0 Å². The Morgan fingerprint density at radius 3 is 2.79 bits per heavy atom. The fourth-order valence-electron chi connectivity index (χ4n) is 1.24. The second kappa shape index (κ2) is 3.71. The zero-order valence-electron chi connectivity index (χ0n) is 7.41. The van der Waals surface area contributed by atoms with Gasteiger partial charge in [0.05, 0.1) is 11.6 Å². The summed E-state index contributed by atoms with van der Waals surface area (Å²) in [4.78, 5) is 12.0. The van der Waals surface area contributed by atoms with E-state index in [1.165, 1.54) is 18.4 Å². The molecule has 2 aromatic rings. The quantitative estimate of drug-likeness (QED) is 0.742. The minimum atomic E-state index is -0.293. The van der Waals surface area contributed by atoms with Gasteiger partial charge in [0.2, 0.25) is 0 Å². The van der Waals surface area contributed by atoms with Crippen molar-refractivity contribution in [2.75, 3.05) is 7.11 Å². The van der Waals surface area contributed by atoms with E-state index < -0.39 is 0 Å². The molecule has 0 aliphatic carbocycles. The minimum Gasteiger partial charge on any atom is -0.465 e. The molecule has 0 N–H and O–H groups in total. The lowest BCUT2D eigenvalue weighted by Crippen LogP contribution is -1.98. The maximum Gasteiger partial charge on any atom is 0.349 e. The van der Waals surface area contributed by atoms with Gasteiger partial charge < -0.3 is 4.74 Å². The lowest BCUT2D eigenvalue weighted by molar-refractivity contribution is 0.0605. The first-order valence-electron chi connectivity index (χ1n) is 3.99. The minimum absolute atomic E-state index is 0.293. The third-order valence-electron chi connectivity index (χ3n) is 1.91. The molecule has 0 fully saturated rings. The molecular weight excluding hydrogens is 264 g/mol. The molecule has 0 bridgehead atoms. The Labute approximate surface area is 93.6 Å². The zero-order valence-corrected chi connectivity index (χ0v) is 9.81. The average molecular weight is 271 g/mol. The number of hydrogen-bond donors (Lipinski definition) is 0. The van der Waals surface area contributed by atoms with Crippen LogP contribution in [0.25, 0.3) is 10.1 Å². The third kappa shape index (κ3) is 1.44. The summed E-state index contributed by atoms with van der Waals surface area (Å²) in [6.07, 6.45) is 0. The number of ether oxygens (including phenoxy) is 1. The number of fused-ring (bicyclic) bond motifs is 1. The summed E-state index contributed by atoms with van der Waals surface area (Å²) in [5, 5.41) is 1.05. The smallest absolute Gasteiger partial charge is 0.349 e. The highest BCUT2D eigenvalue weighted by molar-refractivity contribution is 9.10. The van der Waals surface area contributed by atoms with E-state index in [0.29, 0.717) is 4.88 Å². The topological polar surface area (TPSA) is 26.3 Å². The fraction of sp³-hybridized carbons (Fsp3) is 0.100. The van der Waals surface area contributed by atoms with Crippen molar-refractivity contribution in [1.82, 2.24) is 0 Å². The Kier molecular flexibility index (Phi) is 2.56. The van der Waals surface area contributed by atoms with Gasteiger partial charge in [-0.05, 0) is 22.0 Å². The first-order valence-corrected chi connectivity index (χ1v) is 5.60. The molecule has 0 radical (unpaired) electrons. The van der Waals surface area contributed by atoms with Gasteiger partial charge in [0.25, 0.3) is 0 Å². The normalized spacial score (nSPS) is 10.4. The van der Waals surface area contributed by atoms with E-state index in [0.717, 1.165) is 14.6 Å². The van der Waals surface area contributed by atoms with Crippen LogP contribution < -0.4 is 0 Å². The van der Waals surface area contributed by atoms with Crippen molar-refractivity contribution in [1.29, 1.82) is 0 Å². The van der Waals surface area contributed by atoms with Crippen LogP contribution in [0, 0.1) is 0 Å². The van der Waals surface area contributed by atoms with Crippen LogP contribution in [0.1, 0.15) is 9.67 Å². The molecular formula is C10H7BrO2S. The largest absolute Gasteiger partial charge is 0.465 e. The van der Waals surface area contributed by atoms with Crippen molar-refractivity contribution < 1.29 is 9.53 Å². The number of methoxy groups -OCH3 is 1. The summed E-state index contributed by atoms with van der Waals surface area (Å²) < 4.78 is 6.60. The van der Waals surface area contributed by atoms with Crippen molar-refractivity contribution >= 4 is 43.3 Å². The molecule has 14 heavy (non-hydrogen) atoms. The SMILES string of the molecule is COC(=O)c1sc2ccccc2c1Br. The molecule has 0 atom stereocenters. The molecule has 0 unspecified atom stereocenters. The second-order valence-corrected chi connectivity index (χ2v) is 4.58. The Hall–Kier alpha value is -0.870. The lowest BCUT2D eigenvalue weighted by Gasteiger charge is -1.94. The summed E-state index contributed by atoms with van der Waals surface area (Å²) in [6.45, 7) is 0. The fourth-order valence-corrected chi connectivity index (χ4v) is 3.13. The molecule has 1 aromatic carbocycles. The van der Waals surface area contributed by atoms with Gasteiger partial charge in [-0.2, -0.15) is 0 Å². The van der Waals surface area contributed by atoms with E-state index in [2.05, 4.69) is 20.7 Å². The van der Waals surface area contributed by atoms with Gasteiger partial charge >= 0.3 is 5.97 Å². The van der Waals surface area contributed by atoms with E-state index in [9.17, 15) is 4.79 Å². The van der Waals surface area contributed by atoms with Crippen LogP contribution in [0.2, 0.25) is 0 Å². The molecule has 2 nitrogen and oxygen atoms in total. The molecule has 2 rings (SSSR count). The molecule has 1 aromatic heterocycles. The number of benzene rings is 1. The maximum absolute atomic E-state index is 11.4. The van der Waals surface area contributed by atoms with Crippen LogP contribution in [0.15, 0.2) is 28.7 Å². The van der Waals surface area contributed by atoms with Crippen LogP contribution >= 0.6 is 27.3 Å². The van der Waals surface area contributed by atoms with Gasteiger partial charge in [-0.25, -0.2) is 4.79 Å². The molecule has 72 valence electrons. The van der Waals surface area contributed by atoms with Gasteiger partial charge in [0.1, 0.15) is 4.88 Å². The van der Waals surface area contributed by atoms with Gasteiger partial charge in [-0.3, -0.25) is 0 Å². The van der Waals surface area contributed by atoms with E-state index in [1.54, 1.807) is 0 Å². The highest BCUT2D eigenvalue weighted by Crippen LogP contribution is 2.35. The monoisotopic (exact) mass is 270 g/mol. The molecule has 0 aliphatic heterocycles. The van der Waals surface area contributed by atoms with Crippen molar-refractivity contribution in [3.63, 3.8) is 0 Å². The number of rotatable bonds is 1. The Balaban J connectivity index is 2.68. The van der Waals surface area contributed by atoms with E-state index in [4.69, 9.17) is 0 Å². The second-order valence-electron chi connectivity index (χ2n) is 2.73.